The van der Waals surface area contributed by atoms with E-state index in [9.17, 15) is 4.79 Å². The van der Waals surface area contributed by atoms with Gasteiger partial charge in [-0.3, -0.25) is 0 Å². The van der Waals surface area contributed by atoms with Gasteiger partial charge in [0.1, 0.15) is 11.6 Å². The second kappa shape index (κ2) is 10.7. The topological polar surface area (TPSA) is 79.4 Å². The number of carbonyl (C=O) groups is 1. The number of amides is 2. The number of anilines is 2. The molecule has 32 heavy (non-hydrogen) atoms. The molecule has 7 nitrogen and oxygen atoms in total. The van der Waals surface area contributed by atoms with Crippen LogP contribution in [0.3, 0.4) is 0 Å². The Morgan fingerprint density at radius 3 is 2.81 bits per heavy atom. The molecular weight excluding hydrogens is 446 g/mol. The van der Waals surface area contributed by atoms with Gasteiger partial charge in [0, 0.05) is 48.3 Å². The van der Waals surface area contributed by atoms with Gasteiger partial charge in [-0.15, -0.1) is 0 Å². The van der Waals surface area contributed by atoms with Crippen LogP contribution in [0, 0.1) is 5.92 Å². The zero-order chi connectivity index (χ0) is 22.3. The van der Waals surface area contributed by atoms with Gasteiger partial charge in [-0.2, -0.15) is 4.37 Å². The number of nitrogens with one attached hydrogen (secondary N) is 2. The summed E-state index contributed by atoms with van der Waals surface area (Å²) in [6.45, 7) is 2.48. The van der Waals surface area contributed by atoms with Crippen molar-refractivity contribution in [1.29, 1.82) is 0 Å². The maximum Gasteiger partial charge on any atom is 0.319 e. The van der Waals surface area contributed by atoms with Crippen molar-refractivity contribution in [3.63, 3.8) is 0 Å². The van der Waals surface area contributed by atoms with Crippen LogP contribution in [0.25, 0.3) is 0 Å². The molecule has 3 aromatic rings. The zero-order valence-corrected chi connectivity index (χ0v) is 19.5. The van der Waals surface area contributed by atoms with E-state index in [1.165, 1.54) is 11.5 Å². The first-order chi connectivity index (χ1) is 15.6. The Balaban J connectivity index is 1.22. The minimum Gasteiger partial charge on any atom is -0.497 e. The molecule has 1 aliphatic rings. The molecule has 2 aromatic carbocycles. The quantitative estimate of drug-likeness (QED) is 0.516. The molecule has 9 heteroatoms. The van der Waals surface area contributed by atoms with Crippen molar-refractivity contribution in [1.82, 2.24) is 14.7 Å². The van der Waals surface area contributed by atoms with Crippen molar-refractivity contribution < 1.29 is 9.53 Å². The zero-order valence-electron chi connectivity index (χ0n) is 17.9. The number of rotatable bonds is 7. The summed E-state index contributed by atoms with van der Waals surface area (Å²) in [5.74, 6) is 2.12. The Kier molecular flexibility index (Phi) is 7.44. The first kappa shape index (κ1) is 22.4. The van der Waals surface area contributed by atoms with Gasteiger partial charge < -0.3 is 20.3 Å². The van der Waals surface area contributed by atoms with Crippen molar-refractivity contribution in [2.24, 2.45) is 5.92 Å². The highest BCUT2D eigenvalue weighted by molar-refractivity contribution is 7.09. The van der Waals surface area contributed by atoms with E-state index < -0.39 is 0 Å². The fourth-order valence-electron chi connectivity index (χ4n) is 3.72. The largest absolute Gasteiger partial charge is 0.497 e. The van der Waals surface area contributed by atoms with E-state index in [0.717, 1.165) is 48.2 Å². The third kappa shape index (κ3) is 6.11. The summed E-state index contributed by atoms with van der Waals surface area (Å²) in [5.41, 5.74) is 1.82. The second-order valence-corrected chi connectivity index (χ2v) is 8.96. The first-order valence-electron chi connectivity index (χ1n) is 10.6. The third-order valence-electron chi connectivity index (χ3n) is 5.47. The maximum atomic E-state index is 12.1. The lowest BCUT2D eigenvalue weighted by Gasteiger charge is -2.31. The number of hydrogen-bond acceptors (Lipinski definition) is 6. The van der Waals surface area contributed by atoms with Crippen LogP contribution in [0.5, 0.6) is 5.75 Å². The molecular formula is C23H26ClN5O2S. The van der Waals surface area contributed by atoms with Crippen molar-refractivity contribution >= 4 is 40.0 Å². The molecule has 0 aliphatic carbocycles. The number of hydrogen-bond donors (Lipinski definition) is 2. The molecule has 2 heterocycles. The summed E-state index contributed by atoms with van der Waals surface area (Å²) < 4.78 is 9.83. The molecule has 2 N–H and O–H groups in total. The van der Waals surface area contributed by atoms with Crippen molar-refractivity contribution in [3.05, 3.63) is 64.9 Å². The molecule has 168 valence electrons. The number of halogens is 1. The molecule has 1 saturated heterocycles. The van der Waals surface area contributed by atoms with E-state index in [2.05, 4.69) is 26.0 Å². The van der Waals surface area contributed by atoms with E-state index in [1.54, 1.807) is 19.2 Å². The highest BCUT2D eigenvalue weighted by Crippen LogP contribution is 2.25. The Morgan fingerprint density at radius 1 is 1.22 bits per heavy atom. The average molecular weight is 472 g/mol. The predicted molar refractivity (Wildman–Crippen MR) is 129 cm³/mol. The van der Waals surface area contributed by atoms with Gasteiger partial charge in [0.25, 0.3) is 0 Å². The molecule has 1 aromatic heterocycles. The van der Waals surface area contributed by atoms with Crippen LogP contribution in [0.4, 0.5) is 15.6 Å². The van der Waals surface area contributed by atoms with Crippen LogP contribution in [0.2, 0.25) is 5.02 Å². The molecule has 4 rings (SSSR count). The van der Waals surface area contributed by atoms with Crippen LogP contribution in [0.15, 0.2) is 48.5 Å². The number of aromatic nitrogens is 2. The number of nitrogens with zero attached hydrogens (tertiary/aromatic N) is 3. The lowest BCUT2D eigenvalue weighted by Crippen LogP contribution is -2.39. The second-order valence-electron chi connectivity index (χ2n) is 7.80. The van der Waals surface area contributed by atoms with Crippen LogP contribution in [-0.4, -0.2) is 42.1 Å². The normalized spacial score (nSPS) is 14.2. The molecule has 0 bridgehead atoms. The van der Waals surface area contributed by atoms with Crippen LogP contribution in [-0.2, 0) is 6.42 Å². The number of ether oxygens (including phenoxy) is 1. The number of piperidine rings is 1. The first-order valence-corrected chi connectivity index (χ1v) is 11.7. The summed E-state index contributed by atoms with van der Waals surface area (Å²) in [6, 6.07) is 14.9. The number of methoxy groups -OCH3 is 1. The molecule has 0 atom stereocenters. The Hall–Kier alpha value is -2.84. The van der Waals surface area contributed by atoms with E-state index in [4.69, 9.17) is 21.3 Å². The molecule has 0 spiro atoms. The van der Waals surface area contributed by atoms with Crippen LogP contribution in [0.1, 0.15) is 24.2 Å². The SMILES string of the molecule is COc1cccc(Cc2nsc(N3CCC(CNC(=O)Nc4cccc(Cl)c4)CC3)n2)c1. The lowest BCUT2D eigenvalue weighted by molar-refractivity contribution is 0.248. The average Bonchev–Trinajstić information content (AvgIpc) is 3.26. The molecule has 1 fully saturated rings. The van der Waals surface area contributed by atoms with Gasteiger partial charge in [-0.05, 0) is 54.7 Å². The number of carbonyl (C=O) groups excluding carboxylic acids is 1. The summed E-state index contributed by atoms with van der Waals surface area (Å²) in [4.78, 5) is 19.2. The number of benzene rings is 2. The monoisotopic (exact) mass is 471 g/mol. The van der Waals surface area contributed by atoms with Crippen molar-refractivity contribution in [3.8, 4) is 5.75 Å². The molecule has 2 amide bonds. The third-order valence-corrected chi connectivity index (χ3v) is 6.52. The van der Waals surface area contributed by atoms with Gasteiger partial charge in [0.2, 0.25) is 5.13 Å². The van der Waals surface area contributed by atoms with Gasteiger partial charge in [-0.25, -0.2) is 9.78 Å². The highest BCUT2D eigenvalue weighted by Gasteiger charge is 2.22. The smallest absolute Gasteiger partial charge is 0.319 e. The van der Waals surface area contributed by atoms with Gasteiger partial charge in [-0.1, -0.05) is 29.8 Å². The number of urea groups is 1. The van der Waals surface area contributed by atoms with E-state index in [0.29, 0.717) is 29.6 Å². The lowest BCUT2D eigenvalue weighted by atomic mass is 9.97. The van der Waals surface area contributed by atoms with Gasteiger partial charge in [0.15, 0.2) is 0 Å². The summed E-state index contributed by atoms with van der Waals surface area (Å²) in [6.07, 6.45) is 2.69. The minimum absolute atomic E-state index is 0.207. The Labute approximate surface area is 196 Å². The van der Waals surface area contributed by atoms with Crippen LogP contribution >= 0.6 is 23.1 Å². The maximum absolute atomic E-state index is 12.1. The van der Waals surface area contributed by atoms with Gasteiger partial charge in [0.05, 0.1) is 7.11 Å². The fraction of sp³-hybridized carbons (Fsp3) is 0.348. The molecule has 0 unspecified atom stereocenters. The van der Waals surface area contributed by atoms with E-state index in [-0.39, 0.29) is 6.03 Å². The summed E-state index contributed by atoms with van der Waals surface area (Å²) in [5, 5.41) is 7.35. The predicted octanol–water partition coefficient (Wildman–Crippen LogP) is 4.83. The molecule has 0 radical (unpaired) electrons. The van der Waals surface area contributed by atoms with E-state index >= 15 is 0 Å². The van der Waals surface area contributed by atoms with E-state index in [1.807, 2.05) is 30.3 Å². The Morgan fingerprint density at radius 2 is 2.03 bits per heavy atom. The van der Waals surface area contributed by atoms with Crippen LogP contribution < -0.4 is 20.3 Å². The minimum atomic E-state index is -0.207. The summed E-state index contributed by atoms with van der Waals surface area (Å²) >= 11 is 7.41. The Bertz CT molecular complexity index is 1050. The fourth-order valence-corrected chi connectivity index (χ4v) is 4.64. The highest BCUT2D eigenvalue weighted by atomic mass is 35.5. The van der Waals surface area contributed by atoms with Gasteiger partial charge >= 0.3 is 6.03 Å². The van der Waals surface area contributed by atoms with Crippen molar-refractivity contribution in [2.45, 2.75) is 19.3 Å². The standard InChI is InChI=1S/C23H26ClN5O2S/c1-31-20-7-2-4-17(12-20)13-21-27-23(32-28-21)29-10-8-16(9-11-29)15-25-22(30)26-19-6-3-5-18(24)14-19/h2-7,12,14,16H,8-11,13,15H2,1H3,(H2,25,26,30). The molecule has 1 aliphatic heterocycles. The van der Waals surface area contributed by atoms with Crippen molar-refractivity contribution in [2.75, 3.05) is 37.0 Å². The molecule has 0 saturated carbocycles. The summed E-state index contributed by atoms with van der Waals surface area (Å²) in [7, 11) is 1.67.